The Balaban J connectivity index is 1.47. The largest absolute Gasteiger partial charge is 0.495 e. The van der Waals surface area contributed by atoms with Crippen molar-refractivity contribution in [2.45, 2.75) is 19.1 Å². The Kier molecular flexibility index (Phi) is 5.97. The lowest BCUT2D eigenvalue weighted by Crippen LogP contribution is -2.26. The SMILES string of the molecule is COc1ccc(C(F)(F)F)cc1NC(=O)c1cc([C@@H](C)NC(=O)c2cnn3ccccc23)no1. The smallest absolute Gasteiger partial charge is 0.416 e. The molecule has 34 heavy (non-hydrogen) atoms. The summed E-state index contributed by atoms with van der Waals surface area (Å²) in [5.41, 5.74) is 0.0691. The van der Waals surface area contributed by atoms with E-state index in [-0.39, 0.29) is 22.9 Å². The van der Waals surface area contributed by atoms with Gasteiger partial charge in [0.25, 0.3) is 11.8 Å². The summed E-state index contributed by atoms with van der Waals surface area (Å²) in [6, 6.07) is 8.65. The second kappa shape index (κ2) is 8.89. The van der Waals surface area contributed by atoms with Crippen LogP contribution in [0.5, 0.6) is 5.75 Å². The van der Waals surface area contributed by atoms with Crippen LogP contribution in [0.4, 0.5) is 18.9 Å². The first kappa shape index (κ1) is 22.8. The van der Waals surface area contributed by atoms with Crippen LogP contribution in [0.3, 0.4) is 0 Å². The molecule has 0 aliphatic heterocycles. The number of hydrogen-bond acceptors (Lipinski definition) is 6. The summed E-state index contributed by atoms with van der Waals surface area (Å²) in [5, 5.41) is 13.0. The summed E-state index contributed by atoms with van der Waals surface area (Å²) in [6.07, 6.45) is -1.46. The van der Waals surface area contributed by atoms with Crippen molar-refractivity contribution in [3.8, 4) is 5.75 Å². The summed E-state index contributed by atoms with van der Waals surface area (Å²) in [6.45, 7) is 1.64. The highest BCUT2D eigenvalue weighted by Crippen LogP contribution is 2.35. The van der Waals surface area contributed by atoms with E-state index in [0.717, 1.165) is 18.2 Å². The lowest BCUT2D eigenvalue weighted by Gasteiger charge is -2.13. The maximum Gasteiger partial charge on any atom is 0.416 e. The topological polar surface area (TPSA) is 111 Å². The number of aromatic nitrogens is 3. The standard InChI is InChI=1S/C22H18F3N5O4/c1-12(27-20(31)14-11-26-30-8-4-3-5-17(14)30)15-10-19(34-29-15)21(32)28-16-9-13(22(23,24)25)6-7-18(16)33-2/h3-12H,1-2H3,(H,27,31)(H,28,32)/t12-/m1/s1. The van der Waals surface area contributed by atoms with Gasteiger partial charge in [0.1, 0.15) is 11.4 Å². The number of fused-ring (bicyclic) bond motifs is 1. The number of methoxy groups -OCH3 is 1. The van der Waals surface area contributed by atoms with Crippen LogP contribution in [0, 0.1) is 0 Å². The lowest BCUT2D eigenvalue weighted by atomic mass is 10.1. The summed E-state index contributed by atoms with van der Waals surface area (Å²) in [4.78, 5) is 25.2. The van der Waals surface area contributed by atoms with E-state index in [0.29, 0.717) is 11.1 Å². The van der Waals surface area contributed by atoms with Gasteiger partial charge in [0, 0.05) is 12.3 Å². The quantitative estimate of drug-likeness (QED) is 0.436. The van der Waals surface area contributed by atoms with Gasteiger partial charge in [-0.05, 0) is 37.3 Å². The molecule has 1 atom stereocenters. The summed E-state index contributed by atoms with van der Waals surface area (Å²) in [5.74, 6) is -1.46. The van der Waals surface area contributed by atoms with Gasteiger partial charge in [-0.3, -0.25) is 9.59 Å². The van der Waals surface area contributed by atoms with Crippen LogP contribution in [0.1, 0.15) is 45.1 Å². The minimum atomic E-state index is -4.60. The minimum Gasteiger partial charge on any atom is -0.495 e. The molecule has 0 fully saturated rings. The lowest BCUT2D eigenvalue weighted by molar-refractivity contribution is -0.137. The van der Waals surface area contributed by atoms with E-state index in [2.05, 4.69) is 20.9 Å². The van der Waals surface area contributed by atoms with Gasteiger partial charge in [-0.1, -0.05) is 11.2 Å². The van der Waals surface area contributed by atoms with E-state index in [4.69, 9.17) is 9.26 Å². The van der Waals surface area contributed by atoms with Crippen LogP contribution >= 0.6 is 0 Å². The molecular weight excluding hydrogens is 455 g/mol. The second-order valence-electron chi connectivity index (χ2n) is 7.27. The van der Waals surface area contributed by atoms with E-state index >= 15 is 0 Å². The monoisotopic (exact) mass is 473 g/mol. The molecule has 0 aliphatic rings. The third-order valence-corrected chi connectivity index (χ3v) is 4.99. The first-order chi connectivity index (χ1) is 16.2. The Morgan fingerprint density at radius 3 is 2.68 bits per heavy atom. The predicted molar refractivity (Wildman–Crippen MR) is 114 cm³/mol. The van der Waals surface area contributed by atoms with Crippen molar-refractivity contribution in [1.29, 1.82) is 0 Å². The van der Waals surface area contributed by atoms with Gasteiger partial charge in [0.2, 0.25) is 5.76 Å². The highest BCUT2D eigenvalue weighted by atomic mass is 19.4. The Hall–Kier alpha value is -4.35. The zero-order valence-corrected chi connectivity index (χ0v) is 17.9. The molecule has 3 aromatic heterocycles. The number of halogens is 3. The molecule has 0 saturated heterocycles. The van der Waals surface area contributed by atoms with Gasteiger partial charge < -0.3 is 19.9 Å². The fourth-order valence-corrected chi connectivity index (χ4v) is 3.22. The number of pyridine rings is 1. The van der Waals surface area contributed by atoms with Crippen molar-refractivity contribution in [2.24, 2.45) is 0 Å². The number of carbonyl (C=O) groups is 2. The fraction of sp³-hybridized carbons (Fsp3) is 0.182. The molecule has 0 radical (unpaired) electrons. The van der Waals surface area contributed by atoms with Gasteiger partial charge in [-0.15, -0.1) is 0 Å². The number of hydrogen-bond donors (Lipinski definition) is 2. The number of benzene rings is 1. The zero-order chi connectivity index (χ0) is 24.5. The molecule has 0 spiro atoms. The number of carbonyl (C=O) groups excluding carboxylic acids is 2. The van der Waals surface area contributed by atoms with E-state index in [1.807, 2.05) is 0 Å². The van der Waals surface area contributed by atoms with Crippen molar-refractivity contribution >= 4 is 23.0 Å². The number of alkyl halides is 3. The third kappa shape index (κ3) is 4.56. The highest BCUT2D eigenvalue weighted by Gasteiger charge is 2.31. The number of anilines is 1. The van der Waals surface area contributed by atoms with Crippen molar-refractivity contribution < 1.29 is 32.0 Å². The summed E-state index contributed by atoms with van der Waals surface area (Å²) >= 11 is 0. The maximum atomic E-state index is 13.0. The van der Waals surface area contributed by atoms with Gasteiger partial charge in [-0.25, -0.2) is 4.52 Å². The number of amides is 2. The van der Waals surface area contributed by atoms with E-state index in [9.17, 15) is 22.8 Å². The van der Waals surface area contributed by atoms with Crippen LogP contribution in [0.25, 0.3) is 5.52 Å². The van der Waals surface area contributed by atoms with Gasteiger partial charge in [-0.2, -0.15) is 18.3 Å². The van der Waals surface area contributed by atoms with E-state index in [1.165, 1.54) is 19.4 Å². The molecule has 176 valence electrons. The molecule has 9 nitrogen and oxygen atoms in total. The van der Waals surface area contributed by atoms with Crippen LogP contribution < -0.4 is 15.4 Å². The number of nitrogens with one attached hydrogen (secondary N) is 2. The van der Waals surface area contributed by atoms with Crippen LogP contribution in [-0.2, 0) is 6.18 Å². The first-order valence-corrected chi connectivity index (χ1v) is 9.94. The molecular formula is C22H18F3N5O4. The molecule has 2 N–H and O–H groups in total. The molecule has 4 rings (SSSR count). The molecule has 4 aromatic rings. The first-order valence-electron chi connectivity index (χ1n) is 9.94. The average Bonchev–Trinajstić information content (AvgIpc) is 3.46. The molecule has 0 unspecified atom stereocenters. The Morgan fingerprint density at radius 2 is 1.94 bits per heavy atom. The van der Waals surface area contributed by atoms with Gasteiger partial charge >= 0.3 is 6.18 Å². The molecule has 2 amide bonds. The second-order valence-corrected chi connectivity index (χ2v) is 7.27. The number of nitrogens with zero attached hydrogens (tertiary/aromatic N) is 3. The molecule has 12 heteroatoms. The number of ether oxygens (including phenoxy) is 1. The van der Waals surface area contributed by atoms with E-state index < -0.39 is 29.6 Å². The van der Waals surface area contributed by atoms with Crippen LogP contribution in [0.2, 0.25) is 0 Å². The van der Waals surface area contributed by atoms with Gasteiger partial charge in [0.05, 0.1) is 41.7 Å². The van der Waals surface area contributed by atoms with Crippen molar-refractivity contribution in [2.75, 3.05) is 12.4 Å². The van der Waals surface area contributed by atoms with Crippen molar-refractivity contribution in [1.82, 2.24) is 20.1 Å². The highest BCUT2D eigenvalue weighted by molar-refractivity contribution is 6.03. The Labute approximate surface area is 190 Å². The van der Waals surface area contributed by atoms with Crippen molar-refractivity contribution in [3.05, 3.63) is 77.4 Å². The predicted octanol–water partition coefficient (Wildman–Crippen LogP) is 4.09. The maximum absolute atomic E-state index is 13.0. The van der Waals surface area contributed by atoms with Crippen LogP contribution in [0.15, 0.2) is 59.4 Å². The zero-order valence-electron chi connectivity index (χ0n) is 17.9. The van der Waals surface area contributed by atoms with Gasteiger partial charge in [0.15, 0.2) is 0 Å². The Bertz CT molecular complexity index is 1360. The fourth-order valence-electron chi connectivity index (χ4n) is 3.22. The average molecular weight is 473 g/mol. The molecule has 3 heterocycles. The molecule has 0 bridgehead atoms. The minimum absolute atomic E-state index is 0.0372. The molecule has 0 aliphatic carbocycles. The van der Waals surface area contributed by atoms with E-state index in [1.54, 1.807) is 35.8 Å². The van der Waals surface area contributed by atoms with Crippen molar-refractivity contribution in [3.63, 3.8) is 0 Å². The third-order valence-electron chi connectivity index (χ3n) is 4.99. The Morgan fingerprint density at radius 1 is 1.15 bits per heavy atom. The molecule has 1 aromatic carbocycles. The normalized spacial score (nSPS) is 12.4. The summed E-state index contributed by atoms with van der Waals surface area (Å²) in [7, 11) is 1.26. The number of rotatable bonds is 6. The van der Waals surface area contributed by atoms with Crippen LogP contribution in [-0.4, -0.2) is 33.7 Å². The molecule has 0 saturated carbocycles. The summed E-state index contributed by atoms with van der Waals surface area (Å²) < 4.78 is 50.7.